The molecule has 11 heteroatoms. The van der Waals surface area contributed by atoms with Crippen LogP contribution in [0.1, 0.15) is 11.1 Å². The average Bonchev–Trinajstić information content (AvgIpc) is 3.49. The largest absolute Gasteiger partial charge is 0.343 e. The van der Waals surface area contributed by atoms with E-state index in [2.05, 4.69) is 24.9 Å². The zero-order valence-electron chi connectivity index (χ0n) is 18.4. The van der Waals surface area contributed by atoms with Crippen molar-refractivity contribution in [1.82, 2.24) is 20.2 Å². The number of aromatic amines is 2. The molecule has 0 amide bonds. The number of nitrogens with one attached hydrogen (secondary N) is 3. The topological polar surface area (TPSA) is 104 Å². The van der Waals surface area contributed by atoms with E-state index in [9.17, 15) is 12.8 Å². The first-order valence-corrected chi connectivity index (χ1v) is 11.9. The minimum Gasteiger partial charge on any atom is -0.343 e. The van der Waals surface area contributed by atoms with Crippen LogP contribution in [0, 0.1) is 31.3 Å². The lowest BCUT2D eigenvalue weighted by Crippen LogP contribution is -2.16. The van der Waals surface area contributed by atoms with E-state index in [0.29, 0.717) is 22.5 Å². The van der Waals surface area contributed by atoms with Crippen molar-refractivity contribution in [1.29, 1.82) is 0 Å². The lowest BCUT2D eigenvalue weighted by Gasteiger charge is -2.15. The van der Waals surface area contributed by atoms with Crippen LogP contribution in [0.15, 0.2) is 59.8 Å². The molecule has 0 bridgehead atoms. The Bertz CT molecular complexity index is 1700. The number of hydrogen-bond donors (Lipinski definition) is 3. The highest BCUT2D eigenvalue weighted by atomic mass is 32.2. The number of hydrogen-bond acceptors (Lipinski definition) is 4. The number of nitrogens with zero attached hydrogens (tertiary/aromatic N) is 2. The second-order valence-corrected chi connectivity index (χ2v) is 9.60. The zero-order valence-corrected chi connectivity index (χ0v) is 19.3. The maximum Gasteiger partial charge on any atom is 0.262 e. The number of aryl methyl sites for hydroxylation is 1. The summed E-state index contributed by atoms with van der Waals surface area (Å²) in [6.07, 6.45) is 3.10. The minimum atomic E-state index is -4.20. The van der Waals surface area contributed by atoms with Crippen LogP contribution in [0.3, 0.4) is 0 Å². The van der Waals surface area contributed by atoms with Crippen LogP contribution >= 0.6 is 0 Å². The fourth-order valence-electron chi connectivity index (χ4n) is 3.92. The fraction of sp³-hybridized carbons (Fsp3) is 0.0833. The number of aromatic nitrogens is 4. The smallest absolute Gasteiger partial charge is 0.262 e. The fourth-order valence-corrected chi connectivity index (χ4v) is 5.30. The van der Waals surface area contributed by atoms with Gasteiger partial charge in [-0.3, -0.25) is 9.82 Å². The van der Waals surface area contributed by atoms with Crippen molar-refractivity contribution in [3.8, 4) is 22.6 Å². The van der Waals surface area contributed by atoms with Gasteiger partial charge in [0.1, 0.15) is 17.0 Å². The zero-order chi connectivity index (χ0) is 24.9. The summed E-state index contributed by atoms with van der Waals surface area (Å²) >= 11 is 0. The van der Waals surface area contributed by atoms with Gasteiger partial charge >= 0.3 is 0 Å². The van der Waals surface area contributed by atoms with Crippen molar-refractivity contribution in [2.75, 3.05) is 4.72 Å². The van der Waals surface area contributed by atoms with E-state index in [0.717, 1.165) is 17.7 Å². The Labute approximate surface area is 198 Å². The maximum atomic E-state index is 15.5. The summed E-state index contributed by atoms with van der Waals surface area (Å²) in [6, 6.07) is 9.20. The Morgan fingerprint density at radius 1 is 0.971 bits per heavy atom. The summed E-state index contributed by atoms with van der Waals surface area (Å²) in [5, 5.41) is 6.97. The van der Waals surface area contributed by atoms with Gasteiger partial charge in [0.15, 0.2) is 17.5 Å². The highest BCUT2D eigenvalue weighted by Crippen LogP contribution is 2.37. The highest BCUT2D eigenvalue weighted by molar-refractivity contribution is 7.92. The second kappa shape index (κ2) is 8.27. The Hall–Kier alpha value is -4.12. The Balaban J connectivity index is 1.60. The Morgan fingerprint density at radius 3 is 2.51 bits per heavy atom. The maximum absolute atomic E-state index is 15.5. The number of rotatable bonds is 5. The third-order valence-corrected chi connectivity index (χ3v) is 7.36. The first-order valence-electron chi connectivity index (χ1n) is 10.4. The molecule has 0 radical (unpaired) electrons. The minimum absolute atomic E-state index is 0.0441. The number of imidazole rings is 1. The summed E-state index contributed by atoms with van der Waals surface area (Å²) in [5.74, 6) is -2.86. The summed E-state index contributed by atoms with van der Waals surface area (Å²) < 4.78 is 73.7. The first kappa shape index (κ1) is 22.7. The van der Waals surface area contributed by atoms with Gasteiger partial charge < -0.3 is 4.98 Å². The van der Waals surface area contributed by atoms with Gasteiger partial charge in [-0.25, -0.2) is 26.6 Å². The quantitative estimate of drug-likeness (QED) is 0.300. The molecule has 5 aromatic rings. The molecule has 178 valence electrons. The molecule has 0 saturated carbocycles. The first-order chi connectivity index (χ1) is 16.7. The predicted octanol–water partition coefficient (Wildman–Crippen LogP) is 5.45. The van der Waals surface area contributed by atoms with E-state index >= 15 is 8.78 Å². The molecule has 3 N–H and O–H groups in total. The molecule has 0 unspecified atom stereocenters. The van der Waals surface area contributed by atoms with Gasteiger partial charge in [0.05, 0.1) is 16.1 Å². The van der Waals surface area contributed by atoms with Crippen LogP contribution in [0.5, 0.6) is 0 Å². The molecule has 5 rings (SSSR count). The number of halogens is 3. The summed E-state index contributed by atoms with van der Waals surface area (Å²) in [5.41, 5.74) is -0.145. The normalized spacial score (nSPS) is 11.8. The Kier molecular flexibility index (Phi) is 5.36. The summed E-state index contributed by atoms with van der Waals surface area (Å²) in [6.45, 7) is 3.37. The molecule has 0 atom stereocenters. The summed E-state index contributed by atoms with van der Waals surface area (Å²) in [4.78, 5) is 6.93. The van der Waals surface area contributed by atoms with Gasteiger partial charge in [-0.15, -0.1) is 0 Å². The molecule has 0 aliphatic rings. The molecule has 0 saturated heterocycles. The molecular weight excluding hydrogens is 479 g/mol. The van der Waals surface area contributed by atoms with Crippen molar-refractivity contribution >= 4 is 26.6 Å². The van der Waals surface area contributed by atoms with Crippen LogP contribution in [0.25, 0.3) is 33.5 Å². The SMILES string of the molecule is Cc1cccc(S(=O)(=O)Nc2ccc(F)c(-c3ccc4c(-c5ncc[nH]5)[nH]nc4c3F)c2F)c1C. The lowest BCUT2D eigenvalue weighted by atomic mass is 10.0. The van der Waals surface area contributed by atoms with Crippen LogP contribution in [0.2, 0.25) is 0 Å². The van der Waals surface area contributed by atoms with Crippen LogP contribution in [-0.4, -0.2) is 28.6 Å². The molecule has 3 aromatic carbocycles. The third-order valence-electron chi connectivity index (χ3n) is 5.85. The van der Waals surface area contributed by atoms with E-state index < -0.39 is 44.3 Å². The molecule has 0 spiro atoms. The van der Waals surface area contributed by atoms with Gasteiger partial charge in [0.25, 0.3) is 10.0 Å². The van der Waals surface area contributed by atoms with E-state index in [1.165, 1.54) is 24.4 Å². The van der Waals surface area contributed by atoms with Gasteiger partial charge in [0.2, 0.25) is 0 Å². The molecule has 0 aliphatic heterocycles. The number of fused-ring (bicyclic) bond motifs is 1. The highest BCUT2D eigenvalue weighted by Gasteiger charge is 2.25. The van der Waals surface area contributed by atoms with E-state index in [-0.39, 0.29) is 10.4 Å². The standard InChI is InChI=1S/C24H18F3N5O2S/c1-12-4-3-5-18(13(12)2)35(33,34)32-17-9-8-16(25)19(21(17)27)14-6-7-15-22(20(14)26)30-31-23(15)24-28-10-11-29-24/h3-11,32H,1-2H3,(H,28,29)(H,30,31). The van der Waals surface area contributed by atoms with Crippen LogP contribution < -0.4 is 4.72 Å². The molecule has 2 aromatic heterocycles. The van der Waals surface area contributed by atoms with E-state index in [1.54, 1.807) is 32.2 Å². The van der Waals surface area contributed by atoms with E-state index in [1.807, 2.05) is 0 Å². The molecule has 0 fully saturated rings. The van der Waals surface area contributed by atoms with E-state index in [4.69, 9.17) is 0 Å². The lowest BCUT2D eigenvalue weighted by molar-refractivity contribution is 0.583. The Morgan fingerprint density at radius 2 is 1.77 bits per heavy atom. The van der Waals surface area contributed by atoms with Crippen LogP contribution in [0.4, 0.5) is 18.9 Å². The predicted molar refractivity (Wildman–Crippen MR) is 126 cm³/mol. The molecule has 35 heavy (non-hydrogen) atoms. The molecule has 0 aliphatic carbocycles. The molecular formula is C24H18F3N5O2S. The van der Waals surface area contributed by atoms with Gasteiger partial charge in [-0.1, -0.05) is 18.2 Å². The van der Waals surface area contributed by atoms with Crippen molar-refractivity contribution in [3.05, 3.63) is 83.4 Å². The second-order valence-electron chi connectivity index (χ2n) is 7.95. The number of sulfonamides is 1. The van der Waals surface area contributed by atoms with Crippen molar-refractivity contribution in [2.24, 2.45) is 0 Å². The number of H-pyrrole nitrogens is 2. The van der Waals surface area contributed by atoms with Crippen molar-refractivity contribution < 1.29 is 21.6 Å². The van der Waals surface area contributed by atoms with Crippen molar-refractivity contribution in [3.63, 3.8) is 0 Å². The van der Waals surface area contributed by atoms with Gasteiger partial charge in [0, 0.05) is 23.3 Å². The molecule has 7 nitrogen and oxygen atoms in total. The number of benzene rings is 3. The van der Waals surface area contributed by atoms with Crippen molar-refractivity contribution in [2.45, 2.75) is 18.7 Å². The summed E-state index contributed by atoms with van der Waals surface area (Å²) in [7, 11) is -4.20. The van der Waals surface area contributed by atoms with Crippen LogP contribution in [-0.2, 0) is 10.0 Å². The number of anilines is 1. The van der Waals surface area contributed by atoms with Gasteiger partial charge in [-0.05, 0) is 49.2 Å². The molecule has 2 heterocycles. The monoisotopic (exact) mass is 497 g/mol. The van der Waals surface area contributed by atoms with Gasteiger partial charge in [-0.2, -0.15) is 5.10 Å². The average molecular weight is 498 g/mol. The third kappa shape index (κ3) is 3.73.